The zero-order chi connectivity index (χ0) is 13.9. The third-order valence-electron chi connectivity index (χ3n) is 3.43. The number of carbonyl (C=O) groups excluding carboxylic acids is 1. The Kier molecular flexibility index (Phi) is 4.36. The summed E-state index contributed by atoms with van der Waals surface area (Å²) >= 11 is 0. The average Bonchev–Trinajstić information content (AvgIpc) is 2.77. The predicted molar refractivity (Wildman–Crippen MR) is 70.0 cm³/mol. The fraction of sp³-hybridized carbons (Fsp3) is 0.667. The van der Waals surface area contributed by atoms with Gasteiger partial charge in [0.15, 0.2) is 0 Å². The largest absolute Gasteiger partial charge is 0.300 e. The zero-order valence-electron chi connectivity index (χ0n) is 11.0. The Hall–Kier alpha value is -1.21. The number of aromatic amines is 1. The molecule has 7 heteroatoms. The third-order valence-corrected chi connectivity index (χ3v) is 5.34. The molecule has 2 rings (SSSR count). The molecule has 1 aromatic heterocycles. The molecule has 6 nitrogen and oxygen atoms in total. The van der Waals surface area contributed by atoms with Gasteiger partial charge in [0.1, 0.15) is 10.7 Å². The van der Waals surface area contributed by atoms with Gasteiger partial charge in [-0.2, -0.15) is 9.40 Å². The molecule has 1 atom stereocenters. The number of hydrogen-bond acceptors (Lipinski definition) is 4. The van der Waals surface area contributed by atoms with Gasteiger partial charge in [-0.25, -0.2) is 8.42 Å². The van der Waals surface area contributed by atoms with Crippen molar-refractivity contribution in [1.82, 2.24) is 14.5 Å². The minimum Gasteiger partial charge on any atom is -0.300 e. The number of ketones is 1. The Bertz CT molecular complexity index is 524. The Labute approximate surface area is 113 Å². The van der Waals surface area contributed by atoms with E-state index in [9.17, 15) is 13.2 Å². The number of carbonyl (C=O) groups is 1. The van der Waals surface area contributed by atoms with Crippen molar-refractivity contribution in [2.75, 3.05) is 6.54 Å². The molecule has 0 saturated carbocycles. The lowest BCUT2D eigenvalue weighted by molar-refractivity contribution is -0.117. The number of Topliss-reactive ketones (excluding diaryl/α,β-unsaturated/α-hetero) is 1. The molecule has 0 aromatic carbocycles. The molecule has 106 valence electrons. The van der Waals surface area contributed by atoms with Crippen LogP contribution in [-0.4, -0.2) is 41.3 Å². The van der Waals surface area contributed by atoms with Crippen LogP contribution >= 0.6 is 0 Å². The Morgan fingerprint density at radius 1 is 1.47 bits per heavy atom. The van der Waals surface area contributed by atoms with E-state index in [1.165, 1.54) is 23.6 Å². The molecular weight excluding hydrogens is 266 g/mol. The Morgan fingerprint density at radius 3 is 2.89 bits per heavy atom. The van der Waals surface area contributed by atoms with Gasteiger partial charge in [-0.1, -0.05) is 12.8 Å². The summed E-state index contributed by atoms with van der Waals surface area (Å²) in [6.07, 6.45) is 6.54. The highest BCUT2D eigenvalue weighted by atomic mass is 32.2. The number of rotatable bonds is 4. The lowest BCUT2D eigenvalue weighted by Crippen LogP contribution is -2.40. The molecule has 0 bridgehead atoms. The van der Waals surface area contributed by atoms with Crippen LogP contribution in [0.5, 0.6) is 0 Å². The van der Waals surface area contributed by atoms with Crippen LogP contribution in [0, 0.1) is 0 Å². The van der Waals surface area contributed by atoms with Crippen molar-refractivity contribution in [3.05, 3.63) is 12.4 Å². The topological polar surface area (TPSA) is 83.1 Å². The first-order valence-corrected chi connectivity index (χ1v) is 7.96. The highest BCUT2D eigenvalue weighted by Crippen LogP contribution is 2.26. The summed E-state index contributed by atoms with van der Waals surface area (Å²) in [5.41, 5.74) is 0. The number of sulfonamides is 1. The number of aromatic nitrogens is 2. The van der Waals surface area contributed by atoms with Crippen LogP contribution in [0.4, 0.5) is 0 Å². The molecule has 1 fully saturated rings. The highest BCUT2D eigenvalue weighted by molar-refractivity contribution is 7.89. The molecule has 1 saturated heterocycles. The summed E-state index contributed by atoms with van der Waals surface area (Å²) in [6.45, 7) is 1.99. The van der Waals surface area contributed by atoms with Crippen molar-refractivity contribution in [2.24, 2.45) is 0 Å². The molecule has 0 aliphatic carbocycles. The van der Waals surface area contributed by atoms with Gasteiger partial charge in [0.25, 0.3) is 0 Å². The standard InChI is InChI=1S/C12H19N3O3S/c1-10(16)7-11-5-3-2-4-6-15(11)19(17,18)12-8-13-14-9-12/h8-9,11H,2-7H2,1H3,(H,13,14). The average molecular weight is 285 g/mol. The van der Waals surface area contributed by atoms with Crippen molar-refractivity contribution in [1.29, 1.82) is 0 Å². The van der Waals surface area contributed by atoms with Crippen LogP contribution in [0.25, 0.3) is 0 Å². The fourth-order valence-corrected chi connectivity index (χ4v) is 4.12. The maximum Gasteiger partial charge on any atom is 0.246 e. The molecule has 0 spiro atoms. The van der Waals surface area contributed by atoms with Crippen LogP contribution in [0.1, 0.15) is 39.0 Å². The van der Waals surface area contributed by atoms with E-state index < -0.39 is 10.0 Å². The van der Waals surface area contributed by atoms with Crippen LogP contribution in [0.3, 0.4) is 0 Å². The van der Waals surface area contributed by atoms with E-state index in [0.29, 0.717) is 6.54 Å². The van der Waals surface area contributed by atoms with Gasteiger partial charge >= 0.3 is 0 Å². The summed E-state index contributed by atoms with van der Waals surface area (Å²) in [5, 5.41) is 6.22. The summed E-state index contributed by atoms with van der Waals surface area (Å²) in [6, 6.07) is -0.222. The van der Waals surface area contributed by atoms with E-state index >= 15 is 0 Å². The Morgan fingerprint density at radius 2 is 2.26 bits per heavy atom. The van der Waals surface area contributed by atoms with Crippen LogP contribution in [0.2, 0.25) is 0 Å². The molecule has 2 heterocycles. The van der Waals surface area contributed by atoms with Gasteiger partial charge in [-0.05, 0) is 19.8 Å². The van der Waals surface area contributed by atoms with Gasteiger partial charge in [0.2, 0.25) is 10.0 Å². The second-order valence-corrected chi connectivity index (χ2v) is 6.85. The van der Waals surface area contributed by atoms with Crippen LogP contribution in [0.15, 0.2) is 17.3 Å². The van der Waals surface area contributed by atoms with Gasteiger partial charge in [0.05, 0.1) is 6.20 Å². The van der Waals surface area contributed by atoms with Gasteiger partial charge < -0.3 is 0 Å². The zero-order valence-corrected chi connectivity index (χ0v) is 11.8. The molecule has 1 unspecified atom stereocenters. The van der Waals surface area contributed by atoms with Crippen molar-refractivity contribution in [2.45, 2.75) is 50.0 Å². The summed E-state index contributed by atoms with van der Waals surface area (Å²) < 4.78 is 26.6. The molecule has 1 aliphatic rings. The molecule has 1 N–H and O–H groups in total. The normalized spacial score (nSPS) is 22.1. The quantitative estimate of drug-likeness (QED) is 0.904. The number of nitrogens with one attached hydrogen (secondary N) is 1. The molecule has 1 aliphatic heterocycles. The summed E-state index contributed by atoms with van der Waals surface area (Å²) in [4.78, 5) is 11.5. The second kappa shape index (κ2) is 5.83. The monoisotopic (exact) mass is 285 g/mol. The van der Waals surface area contributed by atoms with Crippen LogP contribution < -0.4 is 0 Å². The van der Waals surface area contributed by atoms with Crippen molar-refractivity contribution >= 4 is 15.8 Å². The predicted octanol–water partition coefficient (Wildman–Crippen LogP) is 1.32. The lowest BCUT2D eigenvalue weighted by atomic mass is 10.1. The minimum atomic E-state index is -3.55. The second-order valence-electron chi connectivity index (χ2n) is 4.96. The molecule has 19 heavy (non-hydrogen) atoms. The molecule has 1 aromatic rings. The van der Waals surface area contributed by atoms with E-state index in [1.807, 2.05) is 0 Å². The summed E-state index contributed by atoms with van der Waals surface area (Å²) in [7, 11) is -3.55. The van der Waals surface area contributed by atoms with E-state index in [2.05, 4.69) is 10.2 Å². The lowest BCUT2D eigenvalue weighted by Gasteiger charge is -2.27. The molecule has 0 amide bonds. The van der Waals surface area contributed by atoms with Crippen molar-refractivity contribution in [3.8, 4) is 0 Å². The highest BCUT2D eigenvalue weighted by Gasteiger charge is 2.33. The van der Waals surface area contributed by atoms with E-state index in [1.54, 1.807) is 0 Å². The summed E-state index contributed by atoms with van der Waals surface area (Å²) in [5.74, 6) is 0.0271. The molecular formula is C12H19N3O3S. The molecule has 0 radical (unpaired) electrons. The smallest absolute Gasteiger partial charge is 0.246 e. The van der Waals surface area contributed by atoms with E-state index in [0.717, 1.165) is 25.7 Å². The number of H-pyrrole nitrogens is 1. The van der Waals surface area contributed by atoms with Crippen molar-refractivity contribution < 1.29 is 13.2 Å². The maximum absolute atomic E-state index is 12.5. The third kappa shape index (κ3) is 3.22. The van der Waals surface area contributed by atoms with Gasteiger partial charge in [0, 0.05) is 25.2 Å². The van der Waals surface area contributed by atoms with Crippen LogP contribution in [-0.2, 0) is 14.8 Å². The number of hydrogen-bond donors (Lipinski definition) is 1. The first-order valence-electron chi connectivity index (χ1n) is 6.52. The number of nitrogens with zero attached hydrogens (tertiary/aromatic N) is 2. The minimum absolute atomic E-state index is 0.0271. The first kappa shape index (κ1) is 14.2. The Balaban J connectivity index is 2.29. The fourth-order valence-electron chi connectivity index (χ4n) is 2.52. The first-order chi connectivity index (χ1) is 9.01. The van der Waals surface area contributed by atoms with E-state index in [4.69, 9.17) is 0 Å². The van der Waals surface area contributed by atoms with E-state index in [-0.39, 0.29) is 23.1 Å². The maximum atomic E-state index is 12.5. The van der Waals surface area contributed by atoms with Gasteiger partial charge in [-0.15, -0.1) is 0 Å². The van der Waals surface area contributed by atoms with Gasteiger partial charge in [-0.3, -0.25) is 9.89 Å². The van der Waals surface area contributed by atoms with Crippen molar-refractivity contribution in [3.63, 3.8) is 0 Å². The SMILES string of the molecule is CC(=O)CC1CCCCCN1S(=O)(=O)c1cn[nH]c1.